The van der Waals surface area contributed by atoms with E-state index in [4.69, 9.17) is 10.7 Å². The van der Waals surface area contributed by atoms with Crippen molar-refractivity contribution in [2.75, 3.05) is 52.7 Å². The van der Waals surface area contributed by atoms with Gasteiger partial charge in [-0.1, -0.05) is 18.2 Å². The summed E-state index contributed by atoms with van der Waals surface area (Å²) in [6, 6.07) is 7.17. The van der Waals surface area contributed by atoms with Crippen molar-refractivity contribution >= 4 is 17.8 Å². The number of rotatable bonds is 7. The minimum absolute atomic E-state index is 0.0331. The fourth-order valence-electron chi connectivity index (χ4n) is 3.82. The highest BCUT2D eigenvalue weighted by atomic mass is 16.2. The minimum Gasteiger partial charge on any atom is -0.366 e. The number of piperidine rings is 1. The highest BCUT2D eigenvalue weighted by Crippen LogP contribution is 2.34. The molecular weight excluding hydrogens is 404 g/mol. The van der Waals surface area contributed by atoms with Crippen LogP contribution in [-0.2, 0) is 4.79 Å². The molecule has 1 aliphatic heterocycles. The lowest BCUT2D eigenvalue weighted by Crippen LogP contribution is -2.38. The second-order valence-electron chi connectivity index (χ2n) is 8.59. The monoisotopic (exact) mass is 436 g/mol. The second-order valence-corrected chi connectivity index (χ2v) is 8.59. The lowest BCUT2D eigenvalue weighted by atomic mass is 9.89. The van der Waals surface area contributed by atoms with Crippen LogP contribution >= 0.6 is 0 Å². The van der Waals surface area contributed by atoms with Crippen molar-refractivity contribution < 1.29 is 9.59 Å². The van der Waals surface area contributed by atoms with Gasteiger partial charge in [0.05, 0.1) is 5.69 Å². The number of nitrogens with zero attached hydrogens (tertiary/aromatic N) is 5. The van der Waals surface area contributed by atoms with E-state index in [0.717, 1.165) is 42.8 Å². The first kappa shape index (κ1) is 23.4. The Hall–Kier alpha value is -3.26. The van der Waals surface area contributed by atoms with Gasteiger partial charge in [-0.15, -0.1) is 0 Å². The summed E-state index contributed by atoms with van der Waals surface area (Å²) in [5.74, 6) is 0.305. The van der Waals surface area contributed by atoms with Crippen molar-refractivity contribution in [1.29, 1.82) is 0 Å². The van der Waals surface area contributed by atoms with Crippen LogP contribution in [0.15, 0.2) is 42.6 Å². The normalized spacial score (nSPS) is 16.5. The number of benzene rings is 1. The third-order valence-electron chi connectivity index (χ3n) is 5.54. The zero-order valence-electron chi connectivity index (χ0n) is 19.3. The van der Waals surface area contributed by atoms with E-state index in [1.807, 2.05) is 67.3 Å². The van der Waals surface area contributed by atoms with Gasteiger partial charge in [0.1, 0.15) is 0 Å². The Morgan fingerprint density at radius 1 is 1.19 bits per heavy atom. The van der Waals surface area contributed by atoms with Crippen LogP contribution in [0.25, 0.3) is 11.1 Å². The van der Waals surface area contributed by atoms with Gasteiger partial charge in [-0.25, -0.2) is 9.97 Å². The number of carbonyl (C=O) groups is 2. The Morgan fingerprint density at radius 3 is 2.53 bits per heavy atom. The molecule has 3 rings (SSSR count). The van der Waals surface area contributed by atoms with Crippen LogP contribution in [0.5, 0.6) is 0 Å². The van der Waals surface area contributed by atoms with E-state index in [-0.39, 0.29) is 11.8 Å². The molecule has 8 nitrogen and oxygen atoms in total. The smallest absolute Gasteiger partial charge is 0.248 e. The molecule has 2 N–H and O–H groups in total. The summed E-state index contributed by atoms with van der Waals surface area (Å²) in [7, 11) is 7.76. The molecule has 2 aromatic rings. The average Bonchev–Trinajstić information content (AvgIpc) is 2.78. The molecule has 0 aliphatic carbocycles. The standard InChI is InChI=1S/C24H32N6O2/c1-28(2)13-6-8-21(31)30-14-5-7-19(16-30)22-20(15-26-24(27-22)29(3)4)17-9-11-18(12-10-17)23(25)32/h6,8-12,15,19H,5,7,13-14,16H2,1-4H3,(H2,25,32)/b8-6+. The molecule has 1 unspecified atom stereocenters. The van der Waals surface area contributed by atoms with E-state index in [2.05, 4.69) is 4.98 Å². The summed E-state index contributed by atoms with van der Waals surface area (Å²) in [4.78, 5) is 39.3. The van der Waals surface area contributed by atoms with Crippen LogP contribution in [0.3, 0.4) is 0 Å². The molecule has 1 fully saturated rings. The number of hydrogen-bond donors (Lipinski definition) is 1. The van der Waals surface area contributed by atoms with Crippen LogP contribution in [0, 0.1) is 0 Å². The highest BCUT2D eigenvalue weighted by Gasteiger charge is 2.27. The van der Waals surface area contributed by atoms with Crippen molar-refractivity contribution in [1.82, 2.24) is 19.8 Å². The third-order valence-corrected chi connectivity index (χ3v) is 5.54. The first-order valence-corrected chi connectivity index (χ1v) is 10.8. The molecule has 170 valence electrons. The van der Waals surface area contributed by atoms with Crippen LogP contribution in [0.1, 0.15) is 34.8 Å². The van der Waals surface area contributed by atoms with Crippen LogP contribution < -0.4 is 10.6 Å². The van der Waals surface area contributed by atoms with Gasteiger partial charge >= 0.3 is 0 Å². The summed E-state index contributed by atoms with van der Waals surface area (Å²) in [5.41, 5.74) is 8.59. The van der Waals surface area contributed by atoms with E-state index >= 15 is 0 Å². The van der Waals surface area contributed by atoms with Crippen LogP contribution in [0.4, 0.5) is 5.95 Å². The predicted molar refractivity (Wildman–Crippen MR) is 127 cm³/mol. The number of aromatic nitrogens is 2. The summed E-state index contributed by atoms with van der Waals surface area (Å²) in [6.07, 6.45) is 7.25. The fourth-order valence-corrected chi connectivity index (χ4v) is 3.82. The van der Waals surface area contributed by atoms with Crippen LogP contribution in [0.2, 0.25) is 0 Å². The molecule has 1 aromatic heterocycles. The van der Waals surface area contributed by atoms with E-state index in [0.29, 0.717) is 18.1 Å². The summed E-state index contributed by atoms with van der Waals surface area (Å²) < 4.78 is 0. The number of carbonyl (C=O) groups excluding carboxylic acids is 2. The van der Waals surface area contributed by atoms with Crippen molar-refractivity contribution in [3.63, 3.8) is 0 Å². The van der Waals surface area contributed by atoms with Crippen LogP contribution in [-0.4, -0.2) is 79.4 Å². The van der Waals surface area contributed by atoms with Gasteiger partial charge in [0.2, 0.25) is 17.8 Å². The van der Waals surface area contributed by atoms with Crippen molar-refractivity contribution in [2.45, 2.75) is 18.8 Å². The lowest BCUT2D eigenvalue weighted by Gasteiger charge is -2.33. The topological polar surface area (TPSA) is 95.7 Å². The number of anilines is 1. The molecular formula is C24H32N6O2. The molecule has 0 bridgehead atoms. The van der Waals surface area contributed by atoms with Gasteiger partial charge in [-0.2, -0.15) is 0 Å². The van der Waals surface area contributed by atoms with Gasteiger partial charge in [0, 0.05) is 63.0 Å². The number of primary amides is 1. The third kappa shape index (κ3) is 5.70. The number of nitrogens with two attached hydrogens (primary N) is 1. The van der Waals surface area contributed by atoms with Gasteiger partial charge in [0.25, 0.3) is 0 Å². The van der Waals surface area contributed by atoms with Gasteiger partial charge in [-0.05, 0) is 44.6 Å². The molecule has 0 radical (unpaired) electrons. The number of hydrogen-bond acceptors (Lipinski definition) is 6. The summed E-state index contributed by atoms with van der Waals surface area (Å²) in [6.45, 7) is 2.09. The quantitative estimate of drug-likeness (QED) is 0.668. The molecule has 1 aliphatic rings. The molecule has 0 spiro atoms. The Balaban J connectivity index is 1.90. The molecule has 32 heavy (non-hydrogen) atoms. The summed E-state index contributed by atoms with van der Waals surface area (Å²) >= 11 is 0. The number of likely N-dealkylation sites (tertiary alicyclic amines) is 1. The summed E-state index contributed by atoms with van der Waals surface area (Å²) in [5, 5.41) is 0. The van der Waals surface area contributed by atoms with Gasteiger partial charge in [-0.3, -0.25) is 9.59 Å². The van der Waals surface area contributed by atoms with Crippen molar-refractivity contribution in [2.24, 2.45) is 5.73 Å². The Bertz CT molecular complexity index is 984. The Kier molecular flexibility index (Phi) is 7.58. The number of likely N-dealkylation sites (N-methyl/N-ethyl adjacent to an activating group) is 1. The molecule has 2 amide bonds. The van der Waals surface area contributed by atoms with Crippen molar-refractivity contribution in [3.8, 4) is 11.1 Å². The van der Waals surface area contributed by atoms with Gasteiger partial charge in [0.15, 0.2) is 0 Å². The van der Waals surface area contributed by atoms with E-state index in [1.54, 1.807) is 18.2 Å². The maximum absolute atomic E-state index is 12.7. The maximum Gasteiger partial charge on any atom is 0.248 e. The molecule has 1 saturated heterocycles. The lowest BCUT2D eigenvalue weighted by molar-refractivity contribution is -0.127. The predicted octanol–water partition coefficient (Wildman–Crippen LogP) is 2.13. The molecule has 2 heterocycles. The van der Waals surface area contributed by atoms with E-state index in [9.17, 15) is 9.59 Å². The molecule has 0 saturated carbocycles. The number of amides is 2. The Morgan fingerprint density at radius 2 is 1.91 bits per heavy atom. The average molecular weight is 437 g/mol. The Labute approximate surface area is 189 Å². The van der Waals surface area contributed by atoms with Gasteiger partial charge < -0.3 is 20.4 Å². The maximum atomic E-state index is 12.7. The fraction of sp³-hybridized carbons (Fsp3) is 0.417. The van der Waals surface area contributed by atoms with E-state index < -0.39 is 5.91 Å². The SMILES string of the molecule is CN(C)C/C=C/C(=O)N1CCCC(c2nc(N(C)C)ncc2-c2ccc(C(N)=O)cc2)C1. The first-order valence-electron chi connectivity index (χ1n) is 10.8. The highest BCUT2D eigenvalue weighted by molar-refractivity contribution is 5.93. The first-order chi connectivity index (χ1) is 15.3. The molecule has 8 heteroatoms. The second kappa shape index (κ2) is 10.4. The van der Waals surface area contributed by atoms with E-state index in [1.165, 1.54) is 0 Å². The molecule has 1 aromatic carbocycles. The minimum atomic E-state index is -0.459. The van der Waals surface area contributed by atoms with Crippen molar-refractivity contribution in [3.05, 3.63) is 53.9 Å². The largest absolute Gasteiger partial charge is 0.366 e. The molecule has 1 atom stereocenters. The zero-order chi connectivity index (χ0) is 23.3. The zero-order valence-corrected chi connectivity index (χ0v) is 19.3.